The number of hydrogen-bond donors (Lipinski definition) is 2. The Morgan fingerprint density at radius 2 is 1.76 bits per heavy atom. The summed E-state index contributed by atoms with van der Waals surface area (Å²) in [5.41, 5.74) is 1.61. The van der Waals surface area contributed by atoms with E-state index in [4.69, 9.17) is 4.74 Å². The highest BCUT2D eigenvalue weighted by Crippen LogP contribution is 2.20. The summed E-state index contributed by atoms with van der Waals surface area (Å²) >= 11 is 0. The third-order valence-electron chi connectivity index (χ3n) is 5.03. The van der Waals surface area contributed by atoms with Crippen molar-refractivity contribution < 1.29 is 23.3 Å². The normalized spacial score (nSPS) is 17.4. The second kappa shape index (κ2) is 9.49. The van der Waals surface area contributed by atoms with Gasteiger partial charge in [0.2, 0.25) is 10.0 Å². The van der Waals surface area contributed by atoms with Gasteiger partial charge in [0.1, 0.15) is 6.04 Å². The van der Waals surface area contributed by atoms with E-state index in [1.54, 1.807) is 18.2 Å². The molecule has 0 spiro atoms. The maximum atomic E-state index is 12.8. The number of sulfonamides is 1. The number of rotatable bonds is 7. The average Bonchev–Trinajstić information content (AvgIpc) is 2.75. The summed E-state index contributed by atoms with van der Waals surface area (Å²) in [5, 5.41) is 4.82. The zero-order chi connectivity index (χ0) is 20.9. The molecule has 0 aliphatic carbocycles. The molecule has 7 nitrogen and oxygen atoms in total. The summed E-state index contributed by atoms with van der Waals surface area (Å²) in [6.45, 7) is 5.34. The van der Waals surface area contributed by atoms with Crippen molar-refractivity contribution in [3.63, 3.8) is 0 Å². The minimum atomic E-state index is -3.60. The number of nitrogens with two attached hydrogens (primary N) is 1. The number of nitrogens with zero attached hydrogens (tertiary/aromatic N) is 1. The van der Waals surface area contributed by atoms with E-state index in [0.29, 0.717) is 32.0 Å². The Bertz CT molecular complexity index is 928. The lowest BCUT2D eigenvalue weighted by atomic mass is 10.1. The van der Waals surface area contributed by atoms with Crippen molar-refractivity contribution in [2.45, 2.75) is 30.8 Å². The van der Waals surface area contributed by atoms with Crippen molar-refractivity contribution >= 4 is 21.6 Å². The van der Waals surface area contributed by atoms with E-state index < -0.39 is 10.0 Å². The van der Waals surface area contributed by atoms with Crippen LogP contribution in [0.5, 0.6) is 0 Å². The van der Waals surface area contributed by atoms with E-state index >= 15 is 0 Å². The second-order valence-electron chi connectivity index (χ2n) is 7.21. The number of ether oxygens (including phenoxy) is 1. The lowest BCUT2D eigenvalue weighted by Gasteiger charge is -2.26. The molecule has 3 N–H and O–H groups in total. The number of carbonyl (C=O) groups excluding carboxylic acids is 1. The molecule has 1 aliphatic heterocycles. The lowest BCUT2D eigenvalue weighted by Crippen LogP contribution is -2.91. The fraction of sp³-hybridized carbons (Fsp3) is 0.381. The molecule has 1 saturated heterocycles. The van der Waals surface area contributed by atoms with Crippen LogP contribution in [0.4, 0.5) is 5.69 Å². The van der Waals surface area contributed by atoms with Crippen molar-refractivity contribution in [2.24, 2.45) is 0 Å². The molecule has 0 aromatic heterocycles. The predicted octanol–water partition coefficient (Wildman–Crippen LogP) is 1.36. The van der Waals surface area contributed by atoms with Gasteiger partial charge in [-0.3, -0.25) is 4.79 Å². The van der Waals surface area contributed by atoms with Crippen LogP contribution >= 0.6 is 0 Å². The molecule has 1 aliphatic rings. The smallest absolute Gasteiger partial charge is 0.282 e. The highest BCUT2D eigenvalue weighted by molar-refractivity contribution is 7.89. The topological polar surface area (TPSA) is 92.3 Å². The van der Waals surface area contributed by atoms with Gasteiger partial charge < -0.3 is 15.4 Å². The molecule has 1 fully saturated rings. The number of benzene rings is 2. The van der Waals surface area contributed by atoms with E-state index in [0.717, 1.165) is 5.56 Å². The summed E-state index contributed by atoms with van der Waals surface area (Å²) in [4.78, 5) is 12.8. The standard InChI is InChI=1S/C21H27N3O4S/c1-16(18-7-4-3-5-8-18)22-17(2)21(25)23-19-9-6-10-20(15-19)29(26,27)24-11-13-28-14-12-24/h3-10,15-17,22H,11-14H2,1-2H3,(H,23,25)/p+1/t16-,17-/m0/s1. The number of nitrogens with one attached hydrogen (secondary N) is 1. The number of morpholine rings is 1. The minimum Gasteiger partial charge on any atom is -0.379 e. The van der Waals surface area contributed by atoms with Crippen molar-refractivity contribution in [3.8, 4) is 0 Å². The molecule has 3 rings (SSSR count). The molecule has 2 aromatic rings. The zero-order valence-electron chi connectivity index (χ0n) is 16.7. The Morgan fingerprint density at radius 1 is 1.07 bits per heavy atom. The van der Waals surface area contributed by atoms with Gasteiger partial charge in [-0.15, -0.1) is 0 Å². The molecular weight excluding hydrogens is 390 g/mol. The molecule has 29 heavy (non-hydrogen) atoms. The first kappa shape index (κ1) is 21.4. The van der Waals surface area contributed by atoms with Crippen LogP contribution in [0.25, 0.3) is 0 Å². The van der Waals surface area contributed by atoms with E-state index in [1.165, 1.54) is 10.4 Å². The van der Waals surface area contributed by atoms with Crippen LogP contribution < -0.4 is 10.6 Å². The van der Waals surface area contributed by atoms with Crippen molar-refractivity contribution in [3.05, 3.63) is 60.2 Å². The number of quaternary nitrogens is 1. The van der Waals surface area contributed by atoms with Gasteiger partial charge in [-0.1, -0.05) is 36.4 Å². The van der Waals surface area contributed by atoms with Crippen LogP contribution in [-0.2, 0) is 19.6 Å². The van der Waals surface area contributed by atoms with E-state index in [1.807, 2.05) is 42.6 Å². The Hall–Kier alpha value is -2.26. The maximum absolute atomic E-state index is 12.8. The Morgan fingerprint density at radius 3 is 2.45 bits per heavy atom. The minimum absolute atomic E-state index is 0.130. The number of amides is 1. The molecule has 0 unspecified atom stereocenters. The number of carbonyl (C=O) groups is 1. The SMILES string of the molecule is C[C@H]([NH2+][C@@H](C)c1ccccc1)C(=O)Nc1cccc(S(=O)(=O)N2CCOCC2)c1. The quantitative estimate of drug-likeness (QED) is 0.710. The molecule has 156 valence electrons. The van der Waals surface area contributed by atoms with E-state index in [9.17, 15) is 13.2 Å². The average molecular weight is 419 g/mol. The van der Waals surface area contributed by atoms with Crippen LogP contribution in [0.1, 0.15) is 25.5 Å². The van der Waals surface area contributed by atoms with Gasteiger partial charge in [0.15, 0.2) is 6.04 Å². The molecule has 8 heteroatoms. The van der Waals surface area contributed by atoms with Gasteiger partial charge in [-0.2, -0.15) is 4.31 Å². The molecular formula is C21H28N3O4S+. The largest absolute Gasteiger partial charge is 0.379 e. The van der Waals surface area contributed by atoms with E-state index in [-0.39, 0.29) is 22.9 Å². The highest BCUT2D eigenvalue weighted by atomic mass is 32.2. The zero-order valence-corrected chi connectivity index (χ0v) is 17.6. The first-order chi connectivity index (χ1) is 13.9. The van der Waals surface area contributed by atoms with Crippen molar-refractivity contribution in [1.29, 1.82) is 0 Å². The summed E-state index contributed by atoms with van der Waals surface area (Å²) in [6, 6.07) is 16.2. The lowest BCUT2D eigenvalue weighted by molar-refractivity contribution is -0.709. The van der Waals surface area contributed by atoms with Crippen molar-refractivity contribution in [1.82, 2.24) is 4.31 Å². The Labute approximate surface area is 172 Å². The van der Waals surface area contributed by atoms with Crippen LogP contribution in [0, 0.1) is 0 Å². The summed E-state index contributed by atoms with van der Waals surface area (Å²) < 4.78 is 32.3. The summed E-state index contributed by atoms with van der Waals surface area (Å²) in [5.74, 6) is -0.172. The van der Waals surface area contributed by atoms with Crippen molar-refractivity contribution in [2.75, 3.05) is 31.6 Å². The monoisotopic (exact) mass is 418 g/mol. The highest BCUT2D eigenvalue weighted by Gasteiger charge is 2.27. The van der Waals surface area contributed by atoms with Gasteiger partial charge >= 0.3 is 0 Å². The molecule has 0 radical (unpaired) electrons. The van der Waals surface area contributed by atoms with E-state index in [2.05, 4.69) is 12.2 Å². The Balaban J connectivity index is 1.65. The molecule has 2 atom stereocenters. The molecule has 1 heterocycles. The van der Waals surface area contributed by atoms with Gasteiger partial charge in [0.25, 0.3) is 5.91 Å². The first-order valence-corrected chi connectivity index (χ1v) is 11.2. The maximum Gasteiger partial charge on any atom is 0.282 e. The van der Waals surface area contributed by atoms with Crippen LogP contribution in [-0.4, -0.2) is 51.0 Å². The van der Waals surface area contributed by atoms with Gasteiger partial charge in [0, 0.05) is 24.3 Å². The van der Waals surface area contributed by atoms with Gasteiger partial charge in [0.05, 0.1) is 18.1 Å². The summed E-state index contributed by atoms with van der Waals surface area (Å²) in [7, 11) is -3.60. The fourth-order valence-corrected chi connectivity index (χ4v) is 4.77. The van der Waals surface area contributed by atoms with Crippen LogP contribution in [0.2, 0.25) is 0 Å². The molecule has 0 bridgehead atoms. The number of anilines is 1. The fourth-order valence-electron chi connectivity index (χ4n) is 3.31. The van der Waals surface area contributed by atoms with Crippen LogP contribution in [0.15, 0.2) is 59.5 Å². The van der Waals surface area contributed by atoms with Gasteiger partial charge in [-0.25, -0.2) is 8.42 Å². The summed E-state index contributed by atoms with van der Waals surface area (Å²) in [6.07, 6.45) is 0. The third-order valence-corrected chi connectivity index (χ3v) is 6.92. The van der Waals surface area contributed by atoms with Crippen LogP contribution in [0.3, 0.4) is 0 Å². The first-order valence-electron chi connectivity index (χ1n) is 9.76. The number of hydrogen-bond acceptors (Lipinski definition) is 4. The van der Waals surface area contributed by atoms with Gasteiger partial charge in [-0.05, 0) is 32.0 Å². The third kappa shape index (κ3) is 5.42. The molecule has 1 amide bonds. The molecule has 0 saturated carbocycles. The second-order valence-corrected chi connectivity index (χ2v) is 9.15. The molecule has 2 aromatic carbocycles. The Kier molecular flexibility index (Phi) is 7.02. The predicted molar refractivity (Wildman–Crippen MR) is 111 cm³/mol.